The second-order valence-corrected chi connectivity index (χ2v) is 4.91. The van der Waals surface area contributed by atoms with Crippen molar-refractivity contribution >= 4 is 21.7 Å². The number of pyridine rings is 1. The molecule has 3 nitrogen and oxygen atoms in total. The quantitative estimate of drug-likeness (QED) is 0.850. The van der Waals surface area contributed by atoms with Gasteiger partial charge >= 0.3 is 0 Å². The summed E-state index contributed by atoms with van der Waals surface area (Å²) >= 11 is 3.52. The highest BCUT2D eigenvalue weighted by molar-refractivity contribution is 9.10. The van der Waals surface area contributed by atoms with Gasteiger partial charge in [-0.05, 0) is 47.3 Å². The molecule has 15 heavy (non-hydrogen) atoms. The van der Waals surface area contributed by atoms with E-state index in [1.165, 1.54) is 0 Å². The zero-order chi connectivity index (χ0) is 10.8. The molecule has 82 valence electrons. The van der Waals surface area contributed by atoms with E-state index in [0.29, 0.717) is 6.54 Å². The molecule has 0 unspecified atom stereocenters. The number of hydrogen-bond acceptors (Lipinski definition) is 3. The summed E-state index contributed by atoms with van der Waals surface area (Å²) in [7, 11) is 0. The minimum absolute atomic E-state index is 0.214. The van der Waals surface area contributed by atoms with Crippen LogP contribution in [0, 0.1) is 6.92 Å². The lowest BCUT2D eigenvalue weighted by Gasteiger charge is -2.31. The molecular weight excluding hydrogens is 256 g/mol. The van der Waals surface area contributed by atoms with Gasteiger partial charge in [0.2, 0.25) is 0 Å². The second kappa shape index (κ2) is 4.49. The summed E-state index contributed by atoms with van der Waals surface area (Å²) in [4.78, 5) is 6.54. The van der Waals surface area contributed by atoms with E-state index in [1.54, 1.807) is 0 Å². The molecule has 2 rings (SSSR count). The number of rotatable bonds is 1. The zero-order valence-corrected chi connectivity index (χ0v) is 10.4. The van der Waals surface area contributed by atoms with Gasteiger partial charge in [-0.2, -0.15) is 0 Å². The molecule has 0 radical (unpaired) electrons. The summed E-state index contributed by atoms with van der Waals surface area (Å²) < 4.78 is 1.01. The van der Waals surface area contributed by atoms with E-state index in [1.807, 2.05) is 13.1 Å². The summed E-state index contributed by atoms with van der Waals surface area (Å²) in [5.74, 6) is 0.944. The number of halogens is 1. The Labute approximate surface area is 98.3 Å². The van der Waals surface area contributed by atoms with Crippen molar-refractivity contribution in [2.24, 2.45) is 0 Å². The fourth-order valence-electron chi connectivity index (χ4n) is 1.91. The molecule has 1 aliphatic rings. The number of aliphatic hydroxyl groups is 1. The Hall–Kier alpha value is -0.610. The maximum atomic E-state index is 9.60. The van der Waals surface area contributed by atoms with Crippen molar-refractivity contribution in [2.45, 2.75) is 25.9 Å². The van der Waals surface area contributed by atoms with E-state index < -0.39 is 0 Å². The van der Waals surface area contributed by atoms with E-state index >= 15 is 0 Å². The van der Waals surface area contributed by atoms with Crippen LogP contribution in [0.15, 0.2) is 16.7 Å². The molecule has 1 atom stereocenters. The van der Waals surface area contributed by atoms with Crippen molar-refractivity contribution in [3.63, 3.8) is 0 Å². The molecule has 0 bridgehead atoms. The van der Waals surface area contributed by atoms with Crippen molar-refractivity contribution in [1.29, 1.82) is 0 Å². The predicted octanol–water partition coefficient (Wildman–Crippen LogP) is 2.11. The van der Waals surface area contributed by atoms with Crippen LogP contribution in [0.4, 0.5) is 5.82 Å². The van der Waals surface area contributed by atoms with Crippen LogP contribution in [0.2, 0.25) is 0 Å². The molecule has 0 amide bonds. The fraction of sp³-hybridized carbons (Fsp3) is 0.545. The van der Waals surface area contributed by atoms with Gasteiger partial charge in [-0.3, -0.25) is 0 Å². The van der Waals surface area contributed by atoms with Crippen LogP contribution in [-0.4, -0.2) is 29.3 Å². The lowest BCUT2D eigenvalue weighted by molar-refractivity contribution is 0.154. The van der Waals surface area contributed by atoms with E-state index in [-0.39, 0.29) is 6.10 Å². The van der Waals surface area contributed by atoms with E-state index in [4.69, 9.17) is 0 Å². The topological polar surface area (TPSA) is 36.4 Å². The Morgan fingerprint density at radius 2 is 2.40 bits per heavy atom. The van der Waals surface area contributed by atoms with Gasteiger partial charge in [0.15, 0.2) is 0 Å². The zero-order valence-electron chi connectivity index (χ0n) is 8.78. The fourth-order valence-corrected chi connectivity index (χ4v) is 2.62. The number of piperidine rings is 1. The summed E-state index contributed by atoms with van der Waals surface area (Å²) in [5.41, 5.74) is 1.14. The first-order valence-corrected chi connectivity index (χ1v) is 6.01. The van der Waals surface area contributed by atoms with Crippen molar-refractivity contribution in [1.82, 2.24) is 4.98 Å². The van der Waals surface area contributed by atoms with Crippen LogP contribution in [0.3, 0.4) is 0 Å². The van der Waals surface area contributed by atoms with Crippen LogP contribution >= 0.6 is 15.9 Å². The Kier molecular flexibility index (Phi) is 3.26. The third kappa shape index (κ3) is 2.49. The van der Waals surface area contributed by atoms with Crippen molar-refractivity contribution in [3.05, 3.63) is 22.3 Å². The average Bonchev–Trinajstić information content (AvgIpc) is 2.17. The average molecular weight is 271 g/mol. The van der Waals surface area contributed by atoms with E-state index in [0.717, 1.165) is 35.2 Å². The third-order valence-corrected chi connectivity index (χ3v) is 3.24. The smallest absolute Gasteiger partial charge is 0.142 e. The summed E-state index contributed by atoms with van der Waals surface area (Å²) in [5, 5.41) is 9.60. The second-order valence-electron chi connectivity index (χ2n) is 4.06. The molecule has 4 heteroatoms. The number of aromatic nitrogens is 1. The molecule has 1 saturated heterocycles. The minimum atomic E-state index is -0.214. The van der Waals surface area contributed by atoms with Crippen molar-refractivity contribution in [3.8, 4) is 0 Å². The van der Waals surface area contributed by atoms with E-state index in [9.17, 15) is 5.11 Å². The maximum Gasteiger partial charge on any atom is 0.142 e. The summed E-state index contributed by atoms with van der Waals surface area (Å²) in [6, 6.07) is 2.06. The van der Waals surface area contributed by atoms with Gasteiger partial charge in [0.1, 0.15) is 5.82 Å². The largest absolute Gasteiger partial charge is 0.391 e. The lowest BCUT2D eigenvalue weighted by Crippen LogP contribution is -2.38. The number of β-amino-alcohol motifs (C(OH)–C–C–N with tert-alkyl or cyclic N) is 1. The number of aliphatic hydroxyl groups excluding tert-OH is 1. The molecule has 0 saturated carbocycles. The standard InChI is InChI=1S/C11H15BrN2O/c1-8-5-10(12)11(13-6-8)14-4-2-3-9(15)7-14/h5-6,9,15H,2-4,7H2,1H3/t9-/m0/s1. The van der Waals surface area contributed by atoms with Crippen LogP contribution in [0.1, 0.15) is 18.4 Å². The van der Waals surface area contributed by atoms with Crippen LogP contribution < -0.4 is 4.90 Å². The molecule has 1 fully saturated rings. The summed E-state index contributed by atoms with van der Waals surface area (Å²) in [6.45, 7) is 3.69. The highest BCUT2D eigenvalue weighted by Gasteiger charge is 2.20. The first-order valence-electron chi connectivity index (χ1n) is 5.22. The summed E-state index contributed by atoms with van der Waals surface area (Å²) in [6.07, 6.45) is 3.58. The number of nitrogens with zero attached hydrogens (tertiary/aromatic N) is 2. The maximum absolute atomic E-state index is 9.60. The van der Waals surface area contributed by atoms with Gasteiger partial charge in [-0.1, -0.05) is 0 Å². The number of aryl methyl sites for hydroxylation is 1. The molecule has 2 heterocycles. The van der Waals surface area contributed by atoms with Crippen LogP contribution in [0.25, 0.3) is 0 Å². The van der Waals surface area contributed by atoms with E-state index in [2.05, 4.69) is 31.9 Å². The Bertz CT molecular complexity index is 356. The Morgan fingerprint density at radius 1 is 1.60 bits per heavy atom. The highest BCUT2D eigenvalue weighted by Crippen LogP contribution is 2.26. The molecule has 0 spiro atoms. The van der Waals surface area contributed by atoms with Crippen LogP contribution in [-0.2, 0) is 0 Å². The first kappa shape index (κ1) is 10.9. The molecule has 0 aliphatic carbocycles. The first-order chi connectivity index (χ1) is 7.16. The van der Waals surface area contributed by atoms with Crippen molar-refractivity contribution in [2.75, 3.05) is 18.0 Å². The molecule has 1 aromatic heterocycles. The predicted molar refractivity (Wildman–Crippen MR) is 64.1 cm³/mol. The monoisotopic (exact) mass is 270 g/mol. The van der Waals surface area contributed by atoms with Crippen molar-refractivity contribution < 1.29 is 5.11 Å². The van der Waals surface area contributed by atoms with Crippen LogP contribution in [0.5, 0.6) is 0 Å². The Balaban J connectivity index is 2.21. The van der Waals surface area contributed by atoms with Gasteiger partial charge < -0.3 is 10.0 Å². The van der Waals surface area contributed by atoms with Gasteiger partial charge in [0.05, 0.1) is 10.6 Å². The number of hydrogen-bond donors (Lipinski definition) is 1. The lowest BCUT2D eigenvalue weighted by atomic mass is 10.1. The molecular formula is C11H15BrN2O. The molecule has 1 N–H and O–H groups in total. The van der Waals surface area contributed by atoms with Gasteiger partial charge in [0.25, 0.3) is 0 Å². The Morgan fingerprint density at radius 3 is 3.07 bits per heavy atom. The number of anilines is 1. The normalized spacial score (nSPS) is 21.8. The van der Waals surface area contributed by atoms with Gasteiger partial charge in [0, 0.05) is 19.3 Å². The minimum Gasteiger partial charge on any atom is -0.391 e. The molecule has 1 aromatic rings. The van der Waals surface area contributed by atoms with Gasteiger partial charge in [-0.25, -0.2) is 4.98 Å². The third-order valence-electron chi connectivity index (χ3n) is 2.65. The highest BCUT2D eigenvalue weighted by atomic mass is 79.9. The molecule has 0 aromatic carbocycles. The van der Waals surface area contributed by atoms with Gasteiger partial charge in [-0.15, -0.1) is 0 Å². The SMILES string of the molecule is Cc1cnc(N2CCC[C@H](O)C2)c(Br)c1. The molecule has 1 aliphatic heterocycles.